The van der Waals surface area contributed by atoms with Crippen LogP contribution in [0.25, 0.3) is 0 Å². The Kier molecular flexibility index (Phi) is 4.89. The molecule has 1 aliphatic rings. The lowest BCUT2D eigenvalue weighted by molar-refractivity contribution is -0.140. The lowest BCUT2D eigenvalue weighted by atomic mass is 10.1. The van der Waals surface area contributed by atoms with E-state index in [1.54, 1.807) is 0 Å². The number of carbonyl (C=O) groups excluding carboxylic acids is 1. The number of carboxylic acid groups (broad SMARTS) is 1. The molecule has 108 valence electrons. The summed E-state index contributed by atoms with van der Waals surface area (Å²) in [6.07, 6.45) is 0.742. The molecule has 1 heterocycles. The maximum Gasteiger partial charge on any atom is 0.327 e. The molecule has 2 N–H and O–H groups in total. The highest BCUT2D eigenvalue weighted by Crippen LogP contribution is 2.20. The fraction of sp³-hybridized carbons (Fsp3) is 0.429. The molecular formula is C14H18N2O3S. The van der Waals surface area contributed by atoms with E-state index >= 15 is 0 Å². The van der Waals surface area contributed by atoms with Gasteiger partial charge in [-0.05, 0) is 18.9 Å². The van der Waals surface area contributed by atoms with Gasteiger partial charge in [0, 0.05) is 12.3 Å². The minimum atomic E-state index is -0.941. The van der Waals surface area contributed by atoms with Crippen molar-refractivity contribution in [3.63, 3.8) is 0 Å². The van der Waals surface area contributed by atoms with Crippen LogP contribution in [0, 0.1) is 6.92 Å². The third kappa shape index (κ3) is 3.66. The van der Waals surface area contributed by atoms with Crippen LogP contribution in [0.15, 0.2) is 24.3 Å². The summed E-state index contributed by atoms with van der Waals surface area (Å²) < 4.78 is 0. The molecule has 0 spiro atoms. The summed E-state index contributed by atoms with van der Waals surface area (Å²) in [7, 11) is 0. The molecule has 6 heteroatoms. The van der Waals surface area contributed by atoms with Crippen LogP contribution in [0.4, 0.5) is 4.79 Å². The van der Waals surface area contributed by atoms with Crippen molar-refractivity contribution in [3.8, 4) is 0 Å². The Morgan fingerprint density at radius 3 is 3.00 bits per heavy atom. The number of hydrogen-bond donors (Lipinski definition) is 2. The Labute approximate surface area is 122 Å². The van der Waals surface area contributed by atoms with Gasteiger partial charge in [0.15, 0.2) is 0 Å². The summed E-state index contributed by atoms with van der Waals surface area (Å²) in [4.78, 5) is 24.3. The molecule has 0 radical (unpaired) electrons. The summed E-state index contributed by atoms with van der Waals surface area (Å²) in [5, 5.41) is 11.8. The second-order valence-corrected chi connectivity index (χ2v) is 5.79. The van der Waals surface area contributed by atoms with Crippen molar-refractivity contribution in [2.75, 3.05) is 18.2 Å². The largest absolute Gasteiger partial charge is 0.480 e. The Hall–Kier alpha value is -1.69. The Balaban J connectivity index is 1.82. The van der Waals surface area contributed by atoms with Crippen molar-refractivity contribution in [1.82, 2.24) is 10.2 Å². The Bertz CT molecular complexity index is 507. The molecule has 0 aromatic heterocycles. The molecule has 1 aliphatic heterocycles. The summed E-state index contributed by atoms with van der Waals surface area (Å²) in [6.45, 7) is 2.54. The number of benzene rings is 1. The predicted molar refractivity (Wildman–Crippen MR) is 78.9 cm³/mol. The first kappa shape index (κ1) is 14.7. The lowest BCUT2D eigenvalue weighted by Crippen LogP contribution is -2.47. The third-order valence-electron chi connectivity index (χ3n) is 3.20. The van der Waals surface area contributed by atoms with Gasteiger partial charge in [-0.25, -0.2) is 9.59 Å². The maximum atomic E-state index is 12.0. The summed E-state index contributed by atoms with van der Waals surface area (Å²) in [5.41, 5.74) is 2.35. The van der Waals surface area contributed by atoms with E-state index in [1.165, 1.54) is 22.2 Å². The zero-order valence-electron chi connectivity index (χ0n) is 11.3. The van der Waals surface area contributed by atoms with Crippen molar-refractivity contribution in [2.24, 2.45) is 0 Å². The second kappa shape index (κ2) is 6.65. The van der Waals surface area contributed by atoms with E-state index in [0.29, 0.717) is 18.2 Å². The SMILES string of the molecule is Cc1cccc(CCNC(=O)N2CSC[C@H]2C(=O)O)c1. The van der Waals surface area contributed by atoms with E-state index in [2.05, 4.69) is 11.4 Å². The highest BCUT2D eigenvalue weighted by atomic mass is 32.2. The van der Waals surface area contributed by atoms with Crippen LogP contribution in [0.3, 0.4) is 0 Å². The molecule has 1 fully saturated rings. The summed E-state index contributed by atoms with van der Waals surface area (Å²) in [5.74, 6) is -0.0442. The first-order chi connectivity index (χ1) is 9.58. The van der Waals surface area contributed by atoms with E-state index in [4.69, 9.17) is 5.11 Å². The van der Waals surface area contributed by atoms with Gasteiger partial charge in [0.05, 0.1) is 5.88 Å². The van der Waals surface area contributed by atoms with Gasteiger partial charge >= 0.3 is 12.0 Å². The van der Waals surface area contributed by atoms with Crippen molar-refractivity contribution < 1.29 is 14.7 Å². The minimum Gasteiger partial charge on any atom is -0.480 e. The van der Waals surface area contributed by atoms with Crippen molar-refractivity contribution in [2.45, 2.75) is 19.4 Å². The number of urea groups is 1. The standard InChI is InChI=1S/C14H18N2O3S/c1-10-3-2-4-11(7-10)5-6-15-14(19)16-9-20-8-12(16)13(17)18/h2-4,7,12H,5-6,8-9H2,1H3,(H,15,19)(H,17,18)/t12-/m0/s1. The molecule has 0 bridgehead atoms. The molecule has 1 aromatic rings. The van der Waals surface area contributed by atoms with Gasteiger partial charge in [0.25, 0.3) is 0 Å². The fourth-order valence-corrected chi connectivity index (χ4v) is 3.28. The number of nitrogens with one attached hydrogen (secondary N) is 1. The molecule has 0 unspecified atom stereocenters. The summed E-state index contributed by atoms with van der Waals surface area (Å²) >= 11 is 1.46. The molecule has 5 nitrogen and oxygen atoms in total. The average molecular weight is 294 g/mol. The molecule has 2 rings (SSSR count). The second-order valence-electron chi connectivity index (χ2n) is 4.79. The molecule has 0 saturated carbocycles. The van der Waals surface area contributed by atoms with Crippen molar-refractivity contribution >= 4 is 23.8 Å². The van der Waals surface area contributed by atoms with E-state index in [1.807, 2.05) is 25.1 Å². The maximum absolute atomic E-state index is 12.0. The van der Waals surface area contributed by atoms with E-state index in [0.717, 1.165) is 12.0 Å². The molecule has 1 saturated heterocycles. The number of aryl methyl sites for hydroxylation is 1. The number of aliphatic carboxylic acids is 1. The predicted octanol–water partition coefficient (Wildman–Crippen LogP) is 1.71. The van der Waals surface area contributed by atoms with Crippen LogP contribution in [-0.4, -0.2) is 46.2 Å². The Morgan fingerprint density at radius 2 is 2.30 bits per heavy atom. The zero-order chi connectivity index (χ0) is 14.5. The number of nitrogens with zero attached hydrogens (tertiary/aromatic N) is 1. The molecule has 0 aliphatic carbocycles. The number of rotatable bonds is 4. The van der Waals surface area contributed by atoms with Gasteiger partial charge in [0.2, 0.25) is 0 Å². The molecule has 1 atom stereocenters. The summed E-state index contributed by atoms with van der Waals surface area (Å²) in [6, 6.07) is 7.11. The van der Waals surface area contributed by atoms with Gasteiger partial charge in [0.1, 0.15) is 6.04 Å². The number of thioether (sulfide) groups is 1. The first-order valence-electron chi connectivity index (χ1n) is 6.48. The monoisotopic (exact) mass is 294 g/mol. The number of hydrogen-bond acceptors (Lipinski definition) is 3. The number of amides is 2. The van der Waals surface area contributed by atoms with Gasteiger partial charge in [-0.2, -0.15) is 0 Å². The van der Waals surface area contributed by atoms with Gasteiger partial charge < -0.3 is 15.3 Å². The molecular weight excluding hydrogens is 276 g/mol. The molecule has 1 aromatic carbocycles. The third-order valence-corrected chi connectivity index (χ3v) is 4.21. The van der Waals surface area contributed by atoms with E-state index in [9.17, 15) is 9.59 Å². The van der Waals surface area contributed by atoms with E-state index < -0.39 is 12.0 Å². The van der Waals surface area contributed by atoms with Crippen LogP contribution < -0.4 is 5.32 Å². The van der Waals surface area contributed by atoms with Crippen LogP contribution >= 0.6 is 11.8 Å². The van der Waals surface area contributed by atoms with Gasteiger partial charge in [-0.15, -0.1) is 11.8 Å². The molecule has 2 amide bonds. The van der Waals surface area contributed by atoms with Gasteiger partial charge in [-0.1, -0.05) is 29.8 Å². The topological polar surface area (TPSA) is 69.6 Å². The zero-order valence-corrected chi connectivity index (χ0v) is 12.2. The first-order valence-corrected chi connectivity index (χ1v) is 7.64. The van der Waals surface area contributed by atoms with Crippen LogP contribution in [-0.2, 0) is 11.2 Å². The Morgan fingerprint density at radius 1 is 1.50 bits per heavy atom. The normalized spacial score (nSPS) is 18.1. The lowest BCUT2D eigenvalue weighted by Gasteiger charge is -2.20. The van der Waals surface area contributed by atoms with Crippen molar-refractivity contribution in [3.05, 3.63) is 35.4 Å². The van der Waals surface area contributed by atoms with Crippen molar-refractivity contribution in [1.29, 1.82) is 0 Å². The fourth-order valence-electron chi connectivity index (χ4n) is 2.13. The number of carbonyl (C=O) groups is 2. The van der Waals surface area contributed by atoms with Crippen LogP contribution in [0.1, 0.15) is 11.1 Å². The minimum absolute atomic E-state index is 0.296. The quantitative estimate of drug-likeness (QED) is 0.887. The number of carboxylic acids is 1. The smallest absolute Gasteiger partial charge is 0.327 e. The van der Waals surface area contributed by atoms with E-state index in [-0.39, 0.29) is 6.03 Å². The highest BCUT2D eigenvalue weighted by molar-refractivity contribution is 7.99. The highest BCUT2D eigenvalue weighted by Gasteiger charge is 2.34. The molecule has 20 heavy (non-hydrogen) atoms. The van der Waals surface area contributed by atoms with Gasteiger partial charge in [-0.3, -0.25) is 0 Å². The van der Waals surface area contributed by atoms with Crippen LogP contribution in [0.2, 0.25) is 0 Å². The van der Waals surface area contributed by atoms with Crippen LogP contribution in [0.5, 0.6) is 0 Å². The average Bonchev–Trinajstić information content (AvgIpc) is 2.88.